The summed E-state index contributed by atoms with van der Waals surface area (Å²) < 4.78 is -0.279. The number of halogens is 1. The van der Waals surface area contributed by atoms with Gasteiger partial charge >= 0.3 is 0 Å². The van der Waals surface area contributed by atoms with Crippen molar-refractivity contribution in [1.82, 2.24) is 30.5 Å². The molecule has 0 bridgehead atoms. The van der Waals surface area contributed by atoms with Gasteiger partial charge in [-0.1, -0.05) is 62.6 Å². The lowest BCUT2D eigenvalue weighted by atomic mass is 10.00. The predicted molar refractivity (Wildman–Crippen MR) is 130 cm³/mol. The summed E-state index contributed by atoms with van der Waals surface area (Å²) in [5, 5.41) is 28.2. The Balaban J connectivity index is 1.55. The lowest BCUT2D eigenvalue weighted by Gasteiger charge is -2.45. The van der Waals surface area contributed by atoms with E-state index < -0.39 is 0 Å². The van der Waals surface area contributed by atoms with Gasteiger partial charge in [0.15, 0.2) is 5.82 Å². The lowest BCUT2D eigenvalue weighted by Crippen LogP contribution is -2.50. The molecule has 3 heterocycles. The topological polar surface area (TPSA) is 93.7 Å². The third-order valence-electron chi connectivity index (χ3n) is 6.47. The summed E-state index contributed by atoms with van der Waals surface area (Å²) in [5.74, 6) is 0.594. The Labute approximate surface area is 200 Å². The zero-order valence-corrected chi connectivity index (χ0v) is 20.1. The predicted octanol–water partition coefficient (Wildman–Crippen LogP) is 4.94. The van der Waals surface area contributed by atoms with Crippen molar-refractivity contribution < 1.29 is 4.65 Å². The summed E-state index contributed by atoms with van der Waals surface area (Å²) >= 11 is 6.69. The molecule has 0 saturated carbocycles. The van der Waals surface area contributed by atoms with E-state index in [4.69, 9.17) is 11.6 Å². The lowest BCUT2D eigenvalue weighted by molar-refractivity contribution is -0.912. The van der Waals surface area contributed by atoms with Crippen LogP contribution >= 0.6 is 11.6 Å². The zero-order chi connectivity index (χ0) is 23.3. The molecule has 0 spiro atoms. The number of H-pyrrole nitrogens is 1. The number of alkyl halides is 1. The molecule has 0 amide bonds. The van der Waals surface area contributed by atoms with Gasteiger partial charge in [0.2, 0.25) is 0 Å². The van der Waals surface area contributed by atoms with Gasteiger partial charge in [0.25, 0.3) is 0 Å². The van der Waals surface area contributed by atoms with Crippen LogP contribution < -0.4 is 0 Å². The number of unbranched alkanes of at least 4 members (excludes halogenated alkanes) is 2. The number of benzene rings is 1. The molecule has 1 aliphatic rings. The highest BCUT2D eigenvalue weighted by molar-refractivity contribution is 6.20. The molecule has 176 valence electrons. The van der Waals surface area contributed by atoms with Crippen molar-refractivity contribution in [3.8, 4) is 22.5 Å². The Morgan fingerprint density at radius 3 is 2.61 bits per heavy atom. The Morgan fingerprint density at radius 1 is 1.12 bits per heavy atom. The summed E-state index contributed by atoms with van der Waals surface area (Å²) in [6, 6.07) is 10.0. The fourth-order valence-corrected chi connectivity index (χ4v) is 5.19. The maximum Gasteiger partial charge on any atom is 0.180 e. The van der Waals surface area contributed by atoms with Crippen LogP contribution in [0.3, 0.4) is 0 Å². The number of hydroxylamine groups is 3. The number of pyridine rings is 1. The zero-order valence-electron chi connectivity index (χ0n) is 19.3. The first-order chi connectivity index (χ1) is 16.1. The van der Waals surface area contributed by atoms with Crippen LogP contribution in [0.2, 0.25) is 0 Å². The number of rotatable bonds is 10. The van der Waals surface area contributed by atoms with Crippen molar-refractivity contribution in [3.05, 3.63) is 53.5 Å². The second kappa shape index (κ2) is 10.7. The fourth-order valence-electron chi connectivity index (χ4n) is 4.73. The molecule has 2 aromatic heterocycles. The van der Waals surface area contributed by atoms with Crippen LogP contribution in [0.1, 0.15) is 51.5 Å². The maximum absolute atomic E-state index is 14.0. The van der Waals surface area contributed by atoms with Crippen molar-refractivity contribution in [2.24, 2.45) is 0 Å². The first kappa shape index (κ1) is 23.8. The number of nitrogens with zero attached hydrogens (tertiary/aromatic N) is 6. The van der Waals surface area contributed by atoms with Crippen molar-refractivity contribution in [3.63, 3.8) is 0 Å². The molecular formula is C24H32ClN7O. The summed E-state index contributed by atoms with van der Waals surface area (Å²) in [4.78, 5) is 6.52. The minimum atomic E-state index is -0.279. The average Bonchev–Trinajstić information content (AvgIpc) is 3.43. The van der Waals surface area contributed by atoms with Crippen LogP contribution in [0.15, 0.2) is 42.7 Å². The fraction of sp³-hybridized carbons (Fsp3) is 0.500. The molecular weight excluding hydrogens is 438 g/mol. The molecule has 1 aliphatic heterocycles. The van der Waals surface area contributed by atoms with E-state index in [1.165, 1.54) is 0 Å². The van der Waals surface area contributed by atoms with Crippen LogP contribution in [-0.2, 0) is 6.54 Å². The van der Waals surface area contributed by atoms with Crippen LogP contribution in [-0.4, -0.2) is 59.9 Å². The van der Waals surface area contributed by atoms with Crippen molar-refractivity contribution in [1.29, 1.82) is 0 Å². The van der Waals surface area contributed by atoms with E-state index in [9.17, 15) is 5.21 Å². The number of hydrogen-bond acceptors (Lipinski definition) is 6. The molecule has 0 radical (unpaired) electrons. The standard InChI is InChI=1S/C24H32ClN7O/c1-3-5-7-23-31(14-6-4-2)22(25)17-32(23,33)16-18-8-10-19(11-9-18)21-15-26-13-12-20(21)24-27-29-30-28-24/h8-13,15,22-23H,3-7,14,16-17H2,1-2H3,(H,27,28,29,30). The number of quaternary nitrogens is 1. The normalized spacial score (nSPS) is 23.3. The van der Waals surface area contributed by atoms with Gasteiger partial charge in [-0.15, -0.1) is 5.10 Å². The Morgan fingerprint density at radius 2 is 1.91 bits per heavy atom. The van der Waals surface area contributed by atoms with E-state index in [2.05, 4.69) is 44.4 Å². The second-order valence-corrected chi connectivity index (χ2v) is 9.31. The third kappa shape index (κ3) is 5.24. The van der Waals surface area contributed by atoms with Crippen LogP contribution in [0.5, 0.6) is 0 Å². The molecule has 3 unspecified atom stereocenters. The number of tetrazole rings is 1. The van der Waals surface area contributed by atoms with Crippen molar-refractivity contribution in [2.45, 2.75) is 64.2 Å². The highest BCUT2D eigenvalue weighted by Crippen LogP contribution is 2.36. The minimum Gasteiger partial charge on any atom is -0.631 e. The van der Waals surface area contributed by atoms with Crippen molar-refractivity contribution >= 4 is 11.6 Å². The summed E-state index contributed by atoms with van der Waals surface area (Å²) in [6.07, 6.45) is 8.61. The smallest absolute Gasteiger partial charge is 0.180 e. The van der Waals surface area contributed by atoms with E-state index in [-0.39, 0.29) is 16.3 Å². The van der Waals surface area contributed by atoms with Gasteiger partial charge in [-0.3, -0.25) is 4.98 Å². The largest absolute Gasteiger partial charge is 0.631 e. The van der Waals surface area contributed by atoms with E-state index in [0.717, 1.165) is 60.9 Å². The molecule has 1 N–H and O–H groups in total. The number of nitrogens with one attached hydrogen (secondary N) is 1. The SMILES string of the molecule is CCCCC1N(CCCC)C(Cl)C[N+]1([O-])Cc1ccc(-c2cnccc2-c2nnn[nH]2)cc1. The summed E-state index contributed by atoms with van der Waals surface area (Å²) in [7, 11) is 0. The molecule has 1 aromatic carbocycles. The van der Waals surface area contributed by atoms with Gasteiger partial charge in [0.05, 0.1) is 0 Å². The third-order valence-corrected chi connectivity index (χ3v) is 6.86. The van der Waals surface area contributed by atoms with E-state index >= 15 is 0 Å². The molecule has 4 rings (SSSR count). The second-order valence-electron chi connectivity index (χ2n) is 8.81. The quantitative estimate of drug-likeness (QED) is 0.195. The molecule has 33 heavy (non-hydrogen) atoms. The van der Waals surface area contributed by atoms with Gasteiger partial charge in [-0.25, -0.2) is 10.00 Å². The summed E-state index contributed by atoms with van der Waals surface area (Å²) in [5.41, 5.74) is 3.62. The molecule has 0 aliphatic carbocycles. The van der Waals surface area contributed by atoms with E-state index in [0.29, 0.717) is 18.9 Å². The minimum absolute atomic E-state index is 0.0810. The molecule has 9 heteroatoms. The maximum atomic E-state index is 14.0. The van der Waals surface area contributed by atoms with E-state index in [1.54, 1.807) is 12.4 Å². The summed E-state index contributed by atoms with van der Waals surface area (Å²) in [6.45, 7) is 6.08. The van der Waals surface area contributed by atoms with Gasteiger partial charge < -0.3 is 9.85 Å². The van der Waals surface area contributed by atoms with Gasteiger partial charge in [0.1, 0.15) is 24.8 Å². The Bertz CT molecular complexity index is 1010. The van der Waals surface area contributed by atoms with Crippen LogP contribution in [0, 0.1) is 5.21 Å². The molecule has 8 nitrogen and oxygen atoms in total. The highest BCUT2D eigenvalue weighted by Gasteiger charge is 2.45. The van der Waals surface area contributed by atoms with Crippen molar-refractivity contribution in [2.75, 3.05) is 13.1 Å². The van der Waals surface area contributed by atoms with Gasteiger partial charge in [-0.05, 0) is 34.9 Å². The number of aromatic nitrogens is 5. The van der Waals surface area contributed by atoms with Gasteiger partial charge in [-0.2, -0.15) is 0 Å². The highest BCUT2D eigenvalue weighted by atomic mass is 35.5. The number of aromatic amines is 1. The first-order valence-corrected chi connectivity index (χ1v) is 12.2. The molecule has 3 aromatic rings. The first-order valence-electron chi connectivity index (χ1n) is 11.8. The van der Waals surface area contributed by atoms with E-state index in [1.807, 2.05) is 30.3 Å². The van der Waals surface area contributed by atoms with Crippen LogP contribution in [0.4, 0.5) is 0 Å². The average molecular weight is 470 g/mol. The monoisotopic (exact) mass is 469 g/mol. The Kier molecular flexibility index (Phi) is 7.70. The Hall–Kier alpha value is -2.39. The molecule has 1 fully saturated rings. The molecule has 3 atom stereocenters. The van der Waals surface area contributed by atoms with Crippen LogP contribution in [0.25, 0.3) is 22.5 Å². The number of hydrogen-bond donors (Lipinski definition) is 1. The van der Waals surface area contributed by atoms with Gasteiger partial charge in [0, 0.05) is 42.0 Å². The molecule has 1 saturated heterocycles.